The number of nitrogens with zero attached hydrogens (tertiary/aromatic N) is 5. The van der Waals surface area contributed by atoms with Gasteiger partial charge in [-0.15, -0.1) is 15.3 Å². The first-order chi connectivity index (χ1) is 17.1. The Labute approximate surface area is 208 Å². The zero-order chi connectivity index (χ0) is 24.2. The Balaban J connectivity index is 1.19. The number of hydrogen-bond donors (Lipinski definition) is 1. The Hall–Kier alpha value is -3.65. The summed E-state index contributed by atoms with van der Waals surface area (Å²) in [6.07, 6.45) is 1.56. The fraction of sp³-hybridized carbons (Fsp3) is 0.308. The van der Waals surface area contributed by atoms with Crippen LogP contribution in [0.3, 0.4) is 0 Å². The minimum absolute atomic E-state index is 0.00258. The number of hydrogen-bond acceptors (Lipinski definition) is 6. The highest BCUT2D eigenvalue weighted by atomic mass is 35.5. The number of nitrogens with one attached hydrogen (secondary N) is 1. The van der Waals surface area contributed by atoms with Crippen LogP contribution in [0.25, 0.3) is 17.0 Å². The maximum Gasteiger partial charge on any atom is 0.223 e. The molecule has 3 heterocycles. The second-order valence-electron chi connectivity index (χ2n) is 8.55. The first-order valence-corrected chi connectivity index (χ1v) is 12.2. The zero-order valence-electron chi connectivity index (χ0n) is 19.5. The van der Waals surface area contributed by atoms with Gasteiger partial charge in [-0.2, -0.15) is 4.52 Å². The van der Waals surface area contributed by atoms with Gasteiger partial charge >= 0.3 is 0 Å². The summed E-state index contributed by atoms with van der Waals surface area (Å²) in [5, 5.41) is 17.1. The maximum atomic E-state index is 12.7. The molecule has 180 valence electrons. The third-order valence-corrected chi connectivity index (χ3v) is 6.49. The number of anilines is 1. The quantitative estimate of drug-likeness (QED) is 0.414. The maximum absolute atomic E-state index is 12.7. The van der Waals surface area contributed by atoms with Crippen LogP contribution in [-0.4, -0.2) is 45.4 Å². The molecule has 8 nitrogen and oxygen atoms in total. The number of ether oxygens (including phenoxy) is 1. The van der Waals surface area contributed by atoms with Crippen LogP contribution < -0.4 is 15.0 Å². The standard InChI is InChI=1S/C26H27ClN6O2/c1-2-35-22-9-3-18(4-10-22)17-28-26(34)20-13-15-32(16-14-20)24-12-11-23-29-30-25(33(23)31-24)19-5-7-21(27)8-6-19/h3-12,20H,2,13-17H2,1H3,(H,28,34). The van der Waals surface area contributed by atoms with Gasteiger partial charge in [0.25, 0.3) is 0 Å². The first kappa shape index (κ1) is 23.1. The van der Waals surface area contributed by atoms with Crippen LogP contribution in [0.1, 0.15) is 25.3 Å². The largest absolute Gasteiger partial charge is 0.494 e. The number of fused-ring (bicyclic) bond motifs is 1. The molecule has 0 spiro atoms. The van der Waals surface area contributed by atoms with E-state index in [1.54, 1.807) is 4.52 Å². The van der Waals surface area contributed by atoms with Gasteiger partial charge in [0.1, 0.15) is 11.6 Å². The summed E-state index contributed by atoms with van der Waals surface area (Å²) in [5.41, 5.74) is 2.64. The minimum Gasteiger partial charge on any atom is -0.494 e. The number of amides is 1. The molecule has 1 amide bonds. The fourth-order valence-corrected chi connectivity index (χ4v) is 4.43. The van der Waals surface area contributed by atoms with Gasteiger partial charge in [-0.05, 0) is 73.9 Å². The molecule has 5 rings (SSSR count). The van der Waals surface area contributed by atoms with E-state index in [1.165, 1.54) is 0 Å². The summed E-state index contributed by atoms with van der Waals surface area (Å²) < 4.78 is 7.23. The van der Waals surface area contributed by atoms with Crippen molar-refractivity contribution in [1.82, 2.24) is 25.1 Å². The monoisotopic (exact) mass is 490 g/mol. The van der Waals surface area contributed by atoms with Crippen molar-refractivity contribution >= 4 is 29.0 Å². The lowest BCUT2D eigenvalue weighted by atomic mass is 9.96. The Bertz CT molecular complexity index is 1300. The Kier molecular flexibility index (Phi) is 6.81. The average Bonchev–Trinajstić information content (AvgIpc) is 3.32. The smallest absolute Gasteiger partial charge is 0.223 e. The summed E-state index contributed by atoms with van der Waals surface area (Å²) in [6.45, 7) is 4.64. The Morgan fingerprint density at radius 2 is 1.77 bits per heavy atom. The molecule has 35 heavy (non-hydrogen) atoms. The average molecular weight is 491 g/mol. The summed E-state index contributed by atoms with van der Waals surface area (Å²) in [7, 11) is 0. The summed E-state index contributed by atoms with van der Waals surface area (Å²) >= 11 is 6.02. The van der Waals surface area contributed by atoms with Crippen molar-refractivity contribution in [3.05, 3.63) is 71.2 Å². The van der Waals surface area contributed by atoms with Crippen LogP contribution >= 0.6 is 11.6 Å². The SMILES string of the molecule is CCOc1ccc(CNC(=O)C2CCN(c3ccc4nnc(-c5ccc(Cl)cc5)n4n3)CC2)cc1. The van der Waals surface area contributed by atoms with Crippen molar-refractivity contribution in [1.29, 1.82) is 0 Å². The van der Waals surface area contributed by atoms with Crippen molar-refractivity contribution in [3.63, 3.8) is 0 Å². The molecule has 0 radical (unpaired) electrons. The van der Waals surface area contributed by atoms with Crippen molar-refractivity contribution < 1.29 is 9.53 Å². The molecule has 2 aromatic heterocycles. The second kappa shape index (κ2) is 10.3. The van der Waals surface area contributed by atoms with Crippen LogP contribution in [0.5, 0.6) is 5.75 Å². The van der Waals surface area contributed by atoms with Crippen LogP contribution in [0.4, 0.5) is 5.82 Å². The molecular formula is C26H27ClN6O2. The van der Waals surface area contributed by atoms with E-state index in [9.17, 15) is 4.79 Å². The predicted octanol–water partition coefficient (Wildman–Crippen LogP) is 4.38. The van der Waals surface area contributed by atoms with Gasteiger partial charge in [-0.1, -0.05) is 23.7 Å². The molecule has 2 aromatic carbocycles. The number of piperidine rings is 1. The second-order valence-corrected chi connectivity index (χ2v) is 8.98. The van der Waals surface area contributed by atoms with Crippen LogP contribution in [-0.2, 0) is 11.3 Å². The molecule has 0 atom stereocenters. The molecular weight excluding hydrogens is 464 g/mol. The molecule has 1 N–H and O–H groups in total. The molecule has 4 aromatic rings. The van der Waals surface area contributed by atoms with Crippen LogP contribution in [0, 0.1) is 5.92 Å². The Morgan fingerprint density at radius 3 is 2.49 bits per heavy atom. The zero-order valence-corrected chi connectivity index (χ0v) is 20.3. The highest BCUT2D eigenvalue weighted by molar-refractivity contribution is 6.30. The number of halogens is 1. The molecule has 9 heteroatoms. The number of carbonyl (C=O) groups is 1. The number of rotatable bonds is 7. The molecule has 1 saturated heterocycles. The lowest BCUT2D eigenvalue weighted by Crippen LogP contribution is -2.40. The summed E-state index contributed by atoms with van der Waals surface area (Å²) in [4.78, 5) is 15.0. The molecule has 0 aliphatic carbocycles. The van der Waals surface area contributed by atoms with Crippen LogP contribution in [0.2, 0.25) is 5.02 Å². The van der Waals surface area contributed by atoms with Crippen molar-refractivity contribution in [2.45, 2.75) is 26.3 Å². The minimum atomic E-state index is -0.00258. The predicted molar refractivity (Wildman–Crippen MR) is 136 cm³/mol. The first-order valence-electron chi connectivity index (χ1n) is 11.8. The Morgan fingerprint density at radius 1 is 1.03 bits per heavy atom. The molecule has 0 unspecified atom stereocenters. The van der Waals surface area contributed by atoms with E-state index in [0.717, 1.165) is 48.6 Å². The van der Waals surface area contributed by atoms with Gasteiger partial charge in [0.05, 0.1) is 6.61 Å². The fourth-order valence-electron chi connectivity index (χ4n) is 4.30. The van der Waals surface area contributed by atoms with Gasteiger partial charge in [-0.3, -0.25) is 4.79 Å². The number of benzene rings is 2. The number of carbonyl (C=O) groups excluding carboxylic acids is 1. The van der Waals surface area contributed by atoms with Crippen LogP contribution in [0.15, 0.2) is 60.7 Å². The van der Waals surface area contributed by atoms with Gasteiger partial charge in [-0.25, -0.2) is 0 Å². The van der Waals surface area contributed by atoms with E-state index >= 15 is 0 Å². The molecule has 1 fully saturated rings. The molecule has 0 bridgehead atoms. The lowest BCUT2D eigenvalue weighted by Gasteiger charge is -2.32. The van der Waals surface area contributed by atoms with Crippen molar-refractivity contribution in [2.24, 2.45) is 5.92 Å². The third kappa shape index (κ3) is 5.22. The van der Waals surface area contributed by atoms with Gasteiger partial charge < -0.3 is 15.0 Å². The molecule has 1 aliphatic rings. The lowest BCUT2D eigenvalue weighted by molar-refractivity contribution is -0.125. The third-order valence-electron chi connectivity index (χ3n) is 6.24. The summed E-state index contributed by atoms with van der Waals surface area (Å²) in [5.74, 6) is 2.46. The van der Waals surface area contributed by atoms with Crippen molar-refractivity contribution in [2.75, 3.05) is 24.6 Å². The van der Waals surface area contributed by atoms with Crippen molar-refractivity contribution in [3.8, 4) is 17.1 Å². The summed E-state index contributed by atoms with van der Waals surface area (Å²) in [6, 6.07) is 19.2. The van der Waals surface area contributed by atoms with E-state index < -0.39 is 0 Å². The van der Waals surface area contributed by atoms with E-state index in [0.29, 0.717) is 29.6 Å². The normalized spacial score (nSPS) is 14.3. The van der Waals surface area contributed by atoms with Gasteiger partial charge in [0, 0.05) is 36.1 Å². The van der Waals surface area contributed by atoms with E-state index in [-0.39, 0.29) is 11.8 Å². The molecule has 0 saturated carbocycles. The van der Waals surface area contributed by atoms with Gasteiger partial charge in [0.2, 0.25) is 5.91 Å². The highest BCUT2D eigenvalue weighted by Gasteiger charge is 2.26. The van der Waals surface area contributed by atoms with E-state index in [4.69, 9.17) is 21.4 Å². The number of aromatic nitrogens is 4. The van der Waals surface area contributed by atoms with Gasteiger partial charge in [0.15, 0.2) is 11.5 Å². The van der Waals surface area contributed by atoms with E-state index in [2.05, 4.69) is 20.4 Å². The molecule has 1 aliphatic heterocycles. The van der Waals surface area contributed by atoms with E-state index in [1.807, 2.05) is 67.6 Å². The topological polar surface area (TPSA) is 84.6 Å². The highest BCUT2D eigenvalue weighted by Crippen LogP contribution is 2.25.